The molecule has 0 amide bonds. The molecule has 0 unspecified atom stereocenters. The molecule has 5 heteroatoms. The van der Waals surface area contributed by atoms with Crippen LogP contribution in [-0.2, 0) is 6.54 Å². The summed E-state index contributed by atoms with van der Waals surface area (Å²) in [5, 5.41) is 6.47. The number of H-pyrrole nitrogens is 1. The summed E-state index contributed by atoms with van der Waals surface area (Å²) >= 11 is 6.86. The Morgan fingerprint density at radius 2 is 2.11 bits per heavy atom. The minimum absolute atomic E-state index is 0.502. The molecule has 90 valence electrons. The quantitative estimate of drug-likeness (QED) is 0.709. The van der Waals surface area contributed by atoms with Gasteiger partial charge in [-0.3, -0.25) is 0 Å². The van der Waals surface area contributed by atoms with Gasteiger partial charge in [0.1, 0.15) is 5.82 Å². The summed E-state index contributed by atoms with van der Waals surface area (Å²) in [6, 6.07) is 12.2. The smallest absolute Gasteiger partial charge is 0.199 e. The fourth-order valence-corrected chi connectivity index (χ4v) is 2.67. The summed E-state index contributed by atoms with van der Waals surface area (Å²) in [6.45, 7) is 0.771. The van der Waals surface area contributed by atoms with Crippen molar-refractivity contribution >= 4 is 40.3 Å². The van der Waals surface area contributed by atoms with Gasteiger partial charge in [0.05, 0.1) is 12.1 Å². The molecule has 18 heavy (non-hydrogen) atoms. The second kappa shape index (κ2) is 4.88. The van der Waals surface area contributed by atoms with Crippen molar-refractivity contribution in [2.45, 2.75) is 6.54 Å². The highest BCUT2D eigenvalue weighted by atomic mass is 32.1. The largest absolute Gasteiger partial charge is 0.365 e. The van der Waals surface area contributed by atoms with Crippen molar-refractivity contribution in [2.75, 3.05) is 5.32 Å². The maximum absolute atomic E-state index is 5.14. The van der Waals surface area contributed by atoms with Crippen LogP contribution in [0, 0.1) is 4.77 Å². The molecular weight excluding hydrogens is 262 g/mol. The molecule has 0 fully saturated rings. The molecule has 0 saturated carbocycles. The van der Waals surface area contributed by atoms with E-state index in [0.29, 0.717) is 4.77 Å². The number of hydrogen-bond acceptors (Lipinski definition) is 4. The Morgan fingerprint density at radius 3 is 2.94 bits per heavy atom. The standard InChI is InChI=1S/C13H11N3S2/c17-13-15-11-6-2-1-5-10(11)12(16-13)14-8-9-4-3-7-18-9/h1-7H,8H2,(H2,14,15,16,17). The summed E-state index contributed by atoms with van der Waals surface area (Å²) in [4.78, 5) is 8.72. The van der Waals surface area contributed by atoms with Gasteiger partial charge in [0.25, 0.3) is 0 Å². The number of nitrogens with zero attached hydrogens (tertiary/aromatic N) is 1. The van der Waals surface area contributed by atoms with Crippen molar-refractivity contribution in [2.24, 2.45) is 0 Å². The summed E-state index contributed by atoms with van der Waals surface area (Å²) in [7, 11) is 0. The molecule has 0 saturated heterocycles. The lowest BCUT2D eigenvalue weighted by Crippen LogP contribution is -2.01. The first-order valence-corrected chi connectivity index (χ1v) is 6.87. The lowest BCUT2D eigenvalue weighted by Gasteiger charge is -2.07. The van der Waals surface area contributed by atoms with E-state index in [9.17, 15) is 0 Å². The number of hydrogen-bond donors (Lipinski definition) is 2. The second-order valence-corrected chi connectivity index (χ2v) is 5.29. The first-order chi connectivity index (χ1) is 8.83. The van der Waals surface area contributed by atoms with Gasteiger partial charge >= 0.3 is 0 Å². The number of aromatic amines is 1. The van der Waals surface area contributed by atoms with Gasteiger partial charge in [-0.1, -0.05) is 18.2 Å². The fourth-order valence-electron chi connectivity index (χ4n) is 1.82. The van der Waals surface area contributed by atoms with E-state index in [2.05, 4.69) is 26.7 Å². The Morgan fingerprint density at radius 1 is 1.22 bits per heavy atom. The van der Waals surface area contributed by atoms with E-state index in [0.717, 1.165) is 23.3 Å². The lowest BCUT2D eigenvalue weighted by molar-refractivity contribution is 1.11. The first-order valence-electron chi connectivity index (χ1n) is 5.58. The molecular formula is C13H11N3S2. The van der Waals surface area contributed by atoms with E-state index in [-0.39, 0.29) is 0 Å². The molecule has 0 bridgehead atoms. The normalized spacial score (nSPS) is 10.7. The van der Waals surface area contributed by atoms with E-state index in [1.165, 1.54) is 4.88 Å². The highest BCUT2D eigenvalue weighted by molar-refractivity contribution is 7.71. The van der Waals surface area contributed by atoms with Crippen LogP contribution in [0.1, 0.15) is 4.88 Å². The zero-order valence-electron chi connectivity index (χ0n) is 9.51. The summed E-state index contributed by atoms with van der Waals surface area (Å²) in [5.41, 5.74) is 1.01. The molecule has 2 heterocycles. The van der Waals surface area contributed by atoms with Crippen LogP contribution in [0.4, 0.5) is 5.82 Å². The average molecular weight is 273 g/mol. The van der Waals surface area contributed by atoms with Crippen LogP contribution in [0.3, 0.4) is 0 Å². The summed E-state index contributed by atoms with van der Waals surface area (Å²) in [5.74, 6) is 0.836. The predicted octanol–water partition coefficient (Wildman–Crippen LogP) is 3.97. The Kier molecular flexibility index (Phi) is 3.08. The van der Waals surface area contributed by atoms with Gasteiger partial charge in [0.2, 0.25) is 0 Å². The molecule has 0 aliphatic heterocycles. The number of thiophene rings is 1. The maximum atomic E-state index is 5.14. The van der Waals surface area contributed by atoms with Crippen molar-refractivity contribution in [1.82, 2.24) is 9.97 Å². The number of nitrogens with one attached hydrogen (secondary N) is 2. The highest BCUT2D eigenvalue weighted by Crippen LogP contribution is 2.20. The monoisotopic (exact) mass is 273 g/mol. The fraction of sp³-hybridized carbons (Fsp3) is 0.0769. The van der Waals surface area contributed by atoms with E-state index in [1.807, 2.05) is 30.3 Å². The molecule has 0 atom stereocenters. The van der Waals surface area contributed by atoms with Crippen LogP contribution < -0.4 is 5.32 Å². The van der Waals surface area contributed by atoms with Crippen LogP contribution in [0.5, 0.6) is 0 Å². The van der Waals surface area contributed by atoms with Gasteiger partial charge in [-0.25, -0.2) is 4.98 Å². The van der Waals surface area contributed by atoms with E-state index in [4.69, 9.17) is 12.2 Å². The molecule has 0 radical (unpaired) electrons. The molecule has 2 N–H and O–H groups in total. The third-order valence-electron chi connectivity index (χ3n) is 2.65. The van der Waals surface area contributed by atoms with Crippen LogP contribution in [-0.4, -0.2) is 9.97 Å². The summed E-state index contributed by atoms with van der Waals surface area (Å²) < 4.78 is 0.502. The van der Waals surface area contributed by atoms with E-state index < -0.39 is 0 Å². The van der Waals surface area contributed by atoms with Crippen molar-refractivity contribution in [1.29, 1.82) is 0 Å². The van der Waals surface area contributed by atoms with Crippen molar-refractivity contribution in [3.05, 3.63) is 51.4 Å². The van der Waals surface area contributed by atoms with E-state index >= 15 is 0 Å². The third kappa shape index (κ3) is 2.27. The van der Waals surface area contributed by atoms with Gasteiger partial charge in [-0.05, 0) is 35.8 Å². The van der Waals surface area contributed by atoms with Crippen LogP contribution in [0.15, 0.2) is 41.8 Å². The van der Waals surface area contributed by atoms with E-state index in [1.54, 1.807) is 11.3 Å². The Labute approximate surface area is 114 Å². The van der Waals surface area contributed by atoms with Gasteiger partial charge in [-0.15, -0.1) is 11.3 Å². The van der Waals surface area contributed by atoms with Gasteiger partial charge < -0.3 is 10.3 Å². The zero-order chi connectivity index (χ0) is 12.4. The number of para-hydroxylation sites is 1. The maximum Gasteiger partial charge on any atom is 0.199 e. The van der Waals surface area contributed by atoms with Gasteiger partial charge in [0, 0.05) is 10.3 Å². The van der Waals surface area contributed by atoms with Crippen LogP contribution in [0.25, 0.3) is 10.9 Å². The number of aromatic nitrogens is 2. The average Bonchev–Trinajstić information content (AvgIpc) is 2.89. The van der Waals surface area contributed by atoms with Crippen LogP contribution in [0.2, 0.25) is 0 Å². The molecule has 1 aromatic carbocycles. The molecule has 2 aromatic heterocycles. The Bertz CT molecular complexity index is 716. The number of rotatable bonds is 3. The summed E-state index contributed by atoms with van der Waals surface area (Å²) in [6.07, 6.45) is 0. The lowest BCUT2D eigenvalue weighted by atomic mass is 10.2. The number of benzene rings is 1. The predicted molar refractivity (Wildman–Crippen MR) is 78.6 cm³/mol. The molecule has 0 spiro atoms. The van der Waals surface area contributed by atoms with Crippen LogP contribution >= 0.6 is 23.6 Å². The SMILES string of the molecule is S=c1nc(NCc2cccs2)c2ccccc2[nH]1. The second-order valence-electron chi connectivity index (χ2n) is 3.87. The van der Waals surface area contributed by atoms with Gasteiger partial charge in [-0.2, -0.15) is 0 Å². The highest BCUT2D eigenvalue weighted by Gasteiger charge is 2.03. The van der Waals surface area contributed by atoms with Crippen molar-refractivity contribution in [3.8, 4) is 0 Å². The third-order valence-corrected chi connectivity index (χ3v) is 3.72. The number of anilines is 1. The molecule has 3 aromatic rings. The minimum Gasteiger partial charge on any atom is -0.365 e. The first kappa shape index (κ1) is 11.4. The molecule has 3 rings (SSSR count). The Hall–Kier alpha value is -1.72. The molecule has 3 nitrogen and oxygen atoms in total. The zero-order valence-corrected chi connectivity index (χ0v) is 11.1. The topological polar surface area (TPSA) is 40.7 Å². The van der Waals surface area contributed by atoms with Crippen molar-refractivity contribution < 1.29 is 0 Å². The number of fused-ring (bicyclic) bond motifs is 1. The molecule has 0 aliphatic carbocycles. The molecule has 0 aliphatic rings. The minimum atomic E-state index is 0.502. The van der Waals surface area contributed by atoms with Crippen molar-refractivity contribution in [3.63, 3.8) is 0 Å². The van der Waals surface area contributed by atoms with Gasteiger partial charge in [0.15, 0.2) is 4.77 Å². The Balaban J connectivity index is 1.98.